The summed E-state index contributed by atoms with van der Waals surface area (Å²) in [6.45, 7) is 0. The van der Waals surface area contributed by atoms with Gasteiger partial charge in [-0.2, -0.15) is 0 Å². The summed E-state index contributed by atoms with van der Waals surface area (Å²) in [6, 6.07) is 3.33. The third kappa shape index (κ3) is 1.41. The van der Waals surface area contributed by atoms with Gasteiger partial charge in [-0.1, -0.05) is 0 Å². The monoisotopic (exact) mass is 223 g/mol. The molecule has 0 atom stereocenters. The average molecular weight is 224 g/mol. The summed E-state index contributed by atoms with van der Waals surface area (Å²) in [4.78, 5) is 0. The fourth-order valence-corrected chi connectivity index (χ4v) is 2.34. The van der Waals surface area contributed by atoms with Crippen molar-refractivity contribution in [2.75, 3.05) is 6.26 Å². The lowest BCUT2D eigenvalue weighted by molar-refractivity contribution is 0.593. The molecule has 1 rings (SSSR count). The Morgan fingerprint density at radius 2 is 2.20 bits per heavy atom. The Hall–Kier alpha value is -0.290. The summed E-state index contributed by atoms with van der Waals surface area (Å²) < 4.78 is 23.4. The molecule has 10 heavy (non-hydrogen) atoms. The van der Waals surface area contributed by atoms with Crippen LogP contribution in [0.5, 0.6) is 0 Å². The summed E-state index contributed by atoms with van der Waals surface area (Å²) in [7, 11) is -3.12. The third-order valence-corrected chi connectivity index (χ3v) is 2.94. The van der Waals surface area contributed by atoms with E-state index in [2.05, 4.69) is 15.9 Å². The molecule has 0 amide bonds. The van der Waals surface area contributed by atoms with E-state index in [9.17, 15) is 8.42 Å². The summed E-state index contributed by atoms with van der Waals surface area (Å²) in [6.07, 6.45) is 2.64. The van der Waals surface area contributed by atoms with Crippen LogP contribution in [0.4, 0.5) is 0 Å². The Kier molecular flexibility index (Phi) is 1.87. The predicted molar refractivity (Wildman–Crippen MR) is 42.4 cm³/mol. The van der Waals surface area contributed by atoms with Crippen molar-refractivity contribution in [3.8, 4) is 0 Å². The van der Waals surface area contributed by atoms with Crippen molar-refractivity contribution >= 4 is 26.0 Å². The first-order valence-corrected chi connectivity index (χ1v) is 5.19. The predicted octanol–water partition coefficient (Wildman–Crippen LogP) is 1.06. The van der Waals surface area contributed by atoms with Crippen molar-refractivity contribution in [3.05, 3.63) is 22.9 Å². The van der Waals surface area contributed by atoms with Crippen LogP contribution in [0.2, 0.25) is 0 Å². The zero-order valence-electron chi connectivity index (χ0n) is 5.28. The Balaban J connectivity index is 3.32. The van der Waals surface area contributed by atoms with Gasteiger partial charge in [0.05, 0.1) is 10.9 Å². The molecule has 0 unspecified atom stereocenters. The largest absolute Gasteiger partial charge is 0.239 e. The minimum atomic E-state index is -3.12. The number of aromatic nitrogens is 1. The average Bonchev–Trinajstić information content (AvgIpc) is 2.11. The molecule has 0 N–H and O–H groups in total. The Morgan fingerprint density at radius 1 is 1.60 bits per heavy atom. The molecule has 1 aromatic rings. The maximum atomic E-state index is 10.8. The highest BCUT2D eigenvalue weighted by molar-refractivity contribution is 9.10. The molecular weight excluding hydrogens is 218 g/mol. The zero-order chi connectivity index (χ0) is 7.78. The number of nitrogens with zero attached hydrogens (tertiary/aromatic N) is 1. The van der Waals surface area contributed by atoms with Crippen LogP contribution in [0.1, 0.15) is 0 Å². The molecule has 0 aliphatic heterocycles. The Labute approximate surface area is 67.8 Å². The Bertz CT molecular complexity index is 327. The molecule has 0 spiro atoms. The van der Waals surface area contributed by atoms with Gasteiger partial charge in [0.25, 0.3) is 0 Å². The van der Waals surface area contributed by atoms with Crippen LogP contribution in [0.25, 0.3) is 0 Å². The van der Waals surface area contributed by atoms with Crippen molar-refractivity contribution in [3.63, 3.8) is 0 Å². The van der Waals surface area contributed by atoms with Crippen LogP contribution >= 0.6 is 15.9 Å². The SMILES string of the molecule is CS(=O)(=O)n1cccc1Br. The fraction of sp³-hybridized carbons (Fsp3) is 0.200. The van der Waals surface area contributed by atoms with E-state index in [1.807, 2.05) is 0 Å². The third-order valence-electron chi connectivity index (χ3n) is 1.02. The first-order valence-electron chi connectivity index (χ1n) is 2.55. The molecule has 0 bridgehead atoms. The highest BCUT2D eigenvalue weighted by atomic mass is 79.9. The highest BCUT2D eigenvalue weighted by Gasteiger charge is 2.06. The highest BCUT2D eigenvalue weighted by Crippen LogP contribution is 2.11. The molecule has 56 valence electrons. The maximum Gasteiger partial charge on any atom is 0.236 e. The Morgan fingerprint density at radius 3 is 2.40 bits per heavy atom. The van der Waals surface area contributed by atoms with Crippen LogP contribution in [0.3, 0.4) is 0 Å². The van der Waals surface area contributed by atoms with Crippen LogP contribution in [-0.4, -0.2) is 18.6 Å². The van der Waals surface area contributed by atoms with E-state index in [-0.39, 0.29) is 0 Å². The van der Waals surface area contributed by atoms with E-state index in [0.717, 1.165) is 10.2 Å². The normalized spacial score (nSPS) is 11.8. The maximum absolute atomic E-state index is 10.8. The second kappa shape index (κ2) is 2.39. The lowest BCUT2D eigenvalue weighted by Crippen LogP contribution is -2.08. The van der Waals surface area contributed by atoms with Gasteiger partial charge in [-0.25, -0.2) is 12.4 Å². The number of halogens is 1. The summed E-state index contributed by atoms with van der Waals surface area (Å²) in [5, 5.41) is 0. The lowest BCUT2D eigenvalue weighted by atomic mass is 10.7. The molecular formula is C5H6BrNO2S. The standard InChI is InChI=1S/C5H6BrNO2S/c1-10(8,9)7-4-2-3-5(7)6/h2-4H,1H3. The molecule has 0 aliphatic carbocycles. The van der Waals surface area contributed by atoms with Crippen LogP contribution < -0.4 is 0 Å². The van der Waals surface area contributed by atoms with E-state index in [1.54, 1.807) is 12.1 Å². The van der Waals surface area contributed by atoms with Gasteiger partial charge in [0.15, 0.2) is 0 Å². The second-order valence-corrected chi connectivity index (χ2v) is 4.56. The quantitative estimate of drug-likeness (QED) is 0.715. The molecule has 0 radical (unpaired) electrons. The van der Waals surface area contributed by atoms with Gasteiger partial charge >= 0.3 is 0 Å². The first-order chi connectivity index (χ1) is 4.52. The molecule has 0 aromatic carbocycles. The van der Waals surface area contributed by atoms with Crippen molar-refractivity contribution < 1.29 is 8.42 Å². The molecule has 5 heteroatoms. The van der Waals surface area contributed by atoms with Crippen LogP contribution in [-0.2, 0) is 10.0 Å². The van der Waals surface area contributed by atoms with E-state index in [1.165, 1.54) is 6.20 Å². The van der Waals surface area contributed by atoms with Crippen molar-refractivity contribution in [1.29, 1.82) is 0 Å². The zero-order valence-corrected chi connectivity index (χ0v) is 7.68. The van der Waals surface area contributed by atoms with Gasteiger partial charge in [-0.3, -0.25) is 0 Å². The van der Waals surface area contributed by atoms with Gasteiger partial charge in [-0.15, -0.1) is 0 Å². The molecule has 0 aliphatic rings. The molecule has 0 saturated carbocycles. The van der Waals surface area contributed by atoms with Crippen molar-refractivity contribution in [1.82, 2.24) is 3.97 Å². The fourth-order valence-electron chi connectivity index (χ4n) is 0.614. The topological polar surface area (TPSA) is 39.1 Å². The van der Waals surface area contributed by atoms with Gasteiger partial charge in [0, 0.05) is 6.20 Å². The summed E-state index contributed by atoms with van der Waals surface area (Å²) in [5.74, 6) is 0. The van der Waals surface area contributed by atoms with Gasteiger partial charge in [0.1, 0.15) is 0 Å². The molecule has 1 heterocycles. The minimum Gasteiger partial charge on any atom is -0.239 e. The van der Waals surface area contributed by atoms with Crippen LogP contribution in [0.15, 0.2) is 22.9 Å². The van der Waals surface area contributed by atoms with Crippen molar-refractivity contribution in [2.45, 2.75) is 0 Å². The van der Waals surface area contributed by atoms with E-state index < -0.39 is 10.0 Å². The summed E-state index contributed by atoms with van der Waals surface area (Å²) >= 11 is 3.09. The van der Waals surface area contributed by atoms with E-state index in [0.29, 0.717) is 4.60 Å². The van der Waals surface area contributed by atoms with Gasteiger partial charge < -0.3 is 0 Å². The number of hydrogen-bond acceptors (Lipinski definition) is 2. The smallest absolute Gasteiger partial charge is 0.236 e. The molecule has 0 saturated heterocycles. The molecule has 3 nitrogen and oxygen atoms in total. The first kappa shape index (κ1) is 7.81. The van der Waals surface area contributed by atoms with Gasteiger partial charge in [-0.05, 0) is 28.1 Å². The van der Waals surface area contributed by atoms with Crippen LogP contribution in [0, 0.1) is 0 Å². The second-order valence-electron chi connectivity index (χ2n) is 1.89. The van der Waals surface area contributed by atoms with Gasteiger partial charge in [0.2, 0.25) is 10.0 Å². The van der Waals surface area contributed by atoms with Crippen molar-refractivity contribution in [2.24, 2.45) is 0 Å². The molecule has 1 aromatic heterocycles. The summed E-state index contributed by atoms with van der Waals surface area (Å²) in [5.41, 5.74) is 0. The molecule has 0 fully saturated rings. The lowest BCUT2D eigenvalue weighted by Gasteiger charge is -1.98. The number of hydrogen-bond donors (Lipinski definition) is 0. The number of rotatable bonds is 1. The van der Waals surface area contributed by atoms with E-state index >= 15 is 0 Å². The minimum absolute atomic E-state index is 0.551. The van der Waals surface area contributed by atoms with E-state index in [4.69, 9.17) is 0 Å².